The predicted octanol–water partition coefficient (Wildman–Crippen LogP) is 1.34. The molecule has 0 saturated carbocycles. The van der Waals surface area contributed by atoms with Gasteiger partial charge in [-0.25, -0.2) is 0 Å². The van der Waals surface area contributed by atoms with Crippen LogP contribution < -0.4 is 14.8 Å². The molecule has 1 amide bonds. The van der Waals surface area contributed by atoms with Crippen LogP contribution in [-0.2, 0) is 11.2 Å². The van der Waals surface area contributed by atoms with Crippen LogP contribution in [0.5, 0.6) is 11.5 Å². The van der Waals surface area contributed by atoms with E-state index in [4.69, 9.17) is 9.47 Å². The smallest absolute Gasteiger partial charge is 0.229 e. The molecule has 1 N–H and O–H groups in total. The lowest BCUT2D eigenvalue weighted by atomic mass is 10.1. The molecule has 0 bridgehead atoms. The van der Waals surface area contributed by atoms with E-state index in [2.05, 4.69) is 5.32 Å². The molecule has 4 heteroatoms. The Morgan fingerprint density at radius 1 is 1.47 bits per heavy atom. The highest BCUT2D eigenvalue weighted by atomic mass is 16.6. The molecule has 0 radical (unpaired) electrons. The van der Waals surface area contributed by atoms with Gasteiger partial charge in [0.25, 0.3) is 0 Å². The number of hydrogen-bond acceptors (Lipinski definition) is 3. The van der Waals surface area contributed by atoms with Gasteiger partial charge in [-0.05, 0) is 19.1 Å². The molecule has 0 aromatic heterocycles. The summed E-state index contributed by atoms with van der Waals surface area (Å²) in [5.74, 6) is 1.48. The number of carbonyl (C=O) groups excluding carboxylic acids is 1. The van der Waals surface area contributed by atoms with Crippen molar-refractivity contribution < 1.29 is 14.3 Å². The fourth-order valence-corrected chi connectivity index (χ4v) is 1.94. The van der Waals surface area contributed by atoms with E-state index >= 15 is 0 Å². The minimum Gasteiger partial charge on any atom is -0.486 e. The minimum atomic E-state index is 0.0141. The van der Waals surface area contributed by atoms with E-state index in [0.717, 1.165) is 22.7 Å². The summed E-state index contributed by atoms with van der Waals surface area (Å²) < 4.78 is 11.2. The number of hydrogen-bond donors (Lipinski definition) is 1. The Morgan fingerprint density at radius 3 is 3.20 bits per heavy atom. The third-order valence-electron chi connectivity index (χ3n) is 2.63. The summed E-state index contributed by atoms with van der Waals surface area (Å²) in [5.41, 5.74) is 1.76. The van der Waals surface area contributed by atoms with Crippen molar-refractivity contribution >= 4 is 11.6 Å². The van der Waals surface area contributed by atoms with Gasteiger partial charge in [0.2, 0.25) is 5.91 Å². The summed E-state index contributed by atoms with van der Waals surface area (Å²) in [6.07, 6.45) is 0.425. The van der Waals surface area contributed by atoms with Crippen molar-refractivity contribution in [3.05, 3.63) is 17.7 Å². The number of fused-ring (bicyclic) bond motifs is 3. The van der Waals surface area contributed by atoms with Crippen LogP contribution in [0.1, 0.15) is 12.5 Å². The van der Waals surface area contributed by atoms with Crippen LogP contribution in [0.2, 0.25) is 0 Å². The first-order valence-corrected chi connectivity index (χ1v) is 4.99. The molecule has 0 spiro atoms. The second-order valence-corrected chi connectivity index (χ2v) is 3.88. The molecule has 78 valence electrons. The Bertz CT molecular complexity index is 442. The SMILES string of the molecule is C[C@@H]1COc2ccc3c(c2O1)CC(=O)N3. The van der Waals surface area contributed by atoms with Crippen LogP contribution in [0.4, 0.5) is 5.69 Å². The van der Waals surface area contributed by atoms with E-state index in [1.54, 1.807) is 0 Å². The standard InChI is InChI=1S/C11H11NO3/c1-6-5-14-9-3-2-8-7(11(9)15-6)4-10(13)12-8/h2-3,6H,4-5H2,1H3,(H,12,13)/t6-/m1/s1. The molecule has 2 heterocycles. The molecule has 0 unspecified atom stereocenters. The summed E-state index contributed by atoms with van der Waals surface area (Å²) in [6, 6.07) is 3.70. The molecular formula is C11H11NO3. The topological polar surface area (TPSA) is 47.6 Å². The molecule has 2 aliphatic rings. The first-order valence-electron chi connectivity index (χ1n) is 4.99. The third-order valence-corrected chi connectivity index (χ3v) is 2.63. The second-order valence-electron chi connectivity index (χ2n) is 3.88. The number of benzene rings is 1. The van der Waals surface area contributed by atoms with Crippen molar-refractivity contribution in [3.63, 3.8) is 0 Å². The fourth-order valence-electron chi connectivity index (χ4n) is 1.94. The van der Waals surface area contributed by atoms with Gasteiger partial charge in [-0.3, -0.25) is 4.79 Å². The van der Waals surface area contributed by atoms with Gasteiger partial charge in [0.15, 0.2) is 11.5 Å². The average Bonchev–Trinajstić information content (AvgIpc) is 2.58. The van der Waals surface area contributed by atoms with Crippen LogP contribution in [0, 0.1) is 0 Å². The molecule has 1 aromatic rings. The van der Waals surface area contributed by atoms with Crippen molar-refractivity contribution in [1.82, 2.24) is 0 Å². The molecule has 1 atom stereocenters. The zero-order valence-electron chi connectivity index (χ0n) is 8.37. The van der Waals surface area contributed by atoms with Crippen LogP contribution in [-0.4, -0.2) is 18.6 Å². The van der Waals surface area contributed by atoms with Crippen LogP contribution in [0.15, 0.2) is 12.1 Å². The molecule has 1 aromatic carbocycles. The van der Waals surface area contributed by atoms with Gasteiger partial charge in [0, 0.05) is 11.3 Å². The normalized spacial score (nSPS) is 22.2. The van der Waals surface area contributed by atoms with E-state index in [-0.39, 0.29) is 12.0 Å². The van der Waals surface area contributed by atoms with Gasteiger partial charge in [-0.1, -0.05) is 0 Å². The third kappa shape index (κ3) is 1.25. The van der Waals surface area contributed by atoms with Crippen LogP contribution >= 0.6 is 0 Å². The monoisotopic (exact) mass is 205 g/mol. The maximum absolute atomic E-state index is 11.3. The molecule has 2 aliphatic heterocycles. The van der Waals surface area contributed by atoms with E-state index in [9.17, 15) is 4.79 Å². The lowest BCUT2D eigenvalue weighted by Gasteiger charge is -2.25. The van der Waals surface area contributed by atoms with Gasteiger partial charge in [-0.2, -0.15) is 0 Å². The van der Waals surface area contributed by atoms with Crippen molar-refractivity contribution in [2.45, 2.75) is 19.4 Å². The van der Waals surface area contributed by atoms with Crippen molar-refractivity contribution in [2.24, 2.45) is 0 Å². The van der Waals surface area contributed by atoms with Gasteiger partial charge in [0.05, 0.1) is 6.42 Å². The van der Waals surface area contributed by atoms with Gasteiger partial charge in [0.1, 0.15) is 12.7 Å². The van der Waals surface area contributed by atoms with E-state index in [0.29, 0.717) is 13.0 Å². The Hall–Kier alpha value is -1.71. The number of ether oxygens (including phenoxy) is 2. The Kier molecular flexibility index (Phi) is 1.65. The average molecular weight is 205 g/mol. The van der Waals surface area contributed by atoms with Crippen molar-refractivity contribution in [1.29, 1.82) is 0 Å². The van der Waals surface area contributed by atoms with Gasteiger partial charge in [-0.15, -0.1) is 0 Å². The zero-order chi connectivity index (χ0) is 10.4. The van der Waals surface area contributed by atoms with E-state index < -0.39 is 0 Å². The Balaban J connectivity index is 2.12. The molecule has 0 aliphatic carbocycles. The van der Waals surface area contributed by atoms with Gasteiger partial charge >= 0.3 is 0 Å². The van der Waals surface area contributed by atoms with E-state index in [1.165, 1.54) is 0 Å². The molecule has 4 nitrogen and oxygen atoms in total. The number of rotatable bonds is 0. The summed E-state index contributed by atoms with van der Waals surface area (Å²) in [4.78, 5) is 11.3. The van der Waals surface area contributed by atoms with Crippen molar-refractivity contribution in [2.75, 3.05) is 11.9 Å². The Morgan fingerprint density at radius 2 is 2.33 bits per heavy atom. The van der Waals surface area contributed by atoms with E-state index in [1.807, 2.05) is 19.1 Å². The summed E-state index contributed by atoms with van der Waals surface area (Å²) in [7, 11) is 0. The molecular weight excluding hydrogens is 194 g/mol. The lowest BCUT2D eigenvalue weighted by molar-refractivity contribution is -0.115. The number of carbonyl (C=O) groups is 1. The quantitative estimate of drug-likeness (QED) is 0.695. The highest BCUT2D eigenvalue weighted by Crippen LogP contribution is 2.41. The van der Waals surface area contributed by atoms with Crippen LogP contribution in [0.3, 0.4) is 0 Å². The maximum Gasteiger partial charge on any atom is 0.229 e. The molecule has 3 rings (SSSR count). The lowest BCUT2D eigenvalue weighted by Crippen LogP contribution is -2.26. The Labute approximate surface area is 87.2 Å². The number of amides is 1. The van der Waals surface area contributed by atoms with Crippen LogP contribution in [0.25, 0.3) is 0 Å². The minimum absolute atomic E-state index is 0.0141. The highest BCUT2D eigenvalue weighted by molar-refractivity contribution is 6.00. The zero-order valence-corrected chi connectivity index (χ0v) is 8.37. The summed E-state index contributed by atoms with van der Waals surface area (Å²) in [6.45, 7) is 2.51. The molecule has 15 heavy (non-hydrogen) atoms. The fraction of sp³-hybridized carbons (Fsp3) is 0.364. The molecule has 0 saturated heterocycles. The number of nitrogens with one attached hydrogen (secondary N) is 1. The molecule has 0 fully saturated rings. The highest BCUT2D eigenvalue weighted by Gasteiger charge is 2.28. The first kappa shape index (κ1) is 8.59. The first-order chi connectivity index (χ1) is 7.24. The van der Waals surface area contributed by atoms with Crippen molar-refractivity contribution in [3.8, 4) is 11.5 Å². The van der Waals surface area contributed by atoms with Gasteiger partial charge < -0.3 is 14.8 Å². The summed E-state index contributed by atoms with van der Waals surface area (Å²) >= 11 is 0. The number of anilines is 1. The summed E-state index contributed by atoms with van der Waals surface area (Å²) in [5, 5.41) is 2.79. The predicted molar refractivity (Wildman–Crippen MR) is 54.4 cm³/mol. The largest absolute Gasteiger partial charge is 0.486 e. The maximum atomic E-state index is 11.3. The second kappa shape index (κ2) is 2.89.